The molecule has 3 heterocycles. The third kappa shape index (κ3) is 3.14. The van der Waals surface area contributed by atoms with Gasteiger partial charge in [0.25, 0.3) is 0 Å². The van der Waals surface area contributed by atoms with Crippen molar-refractivity contribution in [2.24, 2.45) is 0 Å². The SMILES string of the molecule is COc1ccc(CN2Cc3nnc(-c4cnc(C)nc4)n3[C@@H](C)C2=O)cc1. The van der Waals surface area contributed by atoms with Gasteiger partial charge in [-0.05, 0) is 31.5 Å². The predicted octanol–water partition coefficient (Wildman–Crippen LogP) is 2.16. The highest BCUT2D eigenvalue weighted by molar-refractivity contribution is 5.82. The molecule has 0 bridgehead atoms. The molecule has 1 atom stereocenters. The van der Waals surface area contributed by atoms with E-state index in [1.165, 1.54) is 0 Å². The molecule has 1 aromatic carbocycles. The first kappa shape index (κ1) is 17.1. The summed E-state index contributed by atoms with van der Waals surface area (Å²) in [7, 11) is 1.63. The zero-order valence-electron chi connectivity index (χ0n) is 15.5. The highest BCUT2D eigenvalue weighted by Crippen LogP contribution is 2.28. The maximum Gasteiger partial charge on any atom is 0.246 e. The van der Waals surface area contributed by atoms with Gasteiger partial charge in [-0.1, -0.05) is 12.1 Å². The standard InChI is InChI=1S/C19H20N6O2/c1-12-19(26)24(10-14-4-6-16(27-3)7-5-14)11-17-22-23-18(25(12)17)15-8-20-13(2)21-9-15/h4-9,12H,10-11H2,1-3H3/t12-/m0/s1. The Hall–Kier alpha value is -3.29. The number of rotatable bonds is 4. The van der Waals surface area contributed by atoms with Crippen LogP contribution in [0.25, 0.3) is 11.4 Å². The molecule has 8 nitrogen and oxygen atoms in total. The van der Waals surface area contributed by atoms with Crippen molar-refractivity contribution in [3.63, 3.8) is 0 Å². The van der Waals surface area contributed by atoms with Crippen molar-refractivity contribution in [1.29, 1.82) is 0 Å². The van der Waals surface area contributed by atoms with Crippen LogP contribution in [0.15, 0.2) is 36.7 Å². The number of hydrogen-bond donors (Lipinski definition) is 0. The summed E-state index contributed by atoms with van der Waals surface area (Å²) >= 11 is 0. The molecule has 4 rings (SSSR count). The summed E-state index contributed by atoms with van der Waals surface area (Å²) in [6.45, 7) is 4.62. The second-order valence-electron chi connectivity index (χ2n) is 6.55. The van der Waals surface area contributed by atoms with Crippen molar-refractivity contribution in [2.45, 2.75) is 33.0 Å². The first-order chi connectivity index (χ1) is 13.1. The molecule has 138 valence electrons. The van der Waals surface area contributed by atoms with Crippen LogP contribution >= 0.6 is 0 Å². The lowest BCUT2D eigenvalue weighted by Gasteiger charge is -2.32. The van der Waals surface area contributed by atoms with Gasteiger partial charge >= 0.3 is 0 Å². The summed E-state index contributed by atoms with van der Waals surface area (Å²) in [6.07, 6.45) is 3.42. The van der Waals surface area contributed by atoms with Crippen molar-refractivity contribution in [1.82, 2.24) is 29.6 Å². The van der Waals surface area contributed by atoms with E-state index in [0.717, 1.165) is 22.7 Å². The number of methoxy groups -OCH3 is 1. The fourth-order valence-corrected chi connectivity index (χ4v) is 3.25. The fourth-order valence-electron chi connectivity index (χ4n) is 3.25. The minimum Gasteiger partial charge on any atom is -0.497 e. The monoisotopic (exact) mass is 364 g/mol. The van der Waals surface area contributed by atoms with Crippen LogP contribution in [-0.4, -0.2) is 42.6 Å². The van der Waals surface area contributed by atoms with E-state index in [1.54, 1.807) is 24.4 Å². The molecule has 1 aliphatic rings. The minimum absolute atomic E-state index is 0.0346. The van der Waals surface area contributed by atoms with Gasteiger partial charge in [-0.2, -0.15) is 0 Å². The summed E-state index contributed by atoms with van der Waals surface area (Å²) in [5.41, 5.74) is 1.79. The Bertz CT molecular complexity index is 965. The molecule has 0 radical (unpaired) electrons. The largest absolute Gasteiger partial charge is 0.497 e. The van der Waals surface area contributed by atoms with Crippen LogP contribution in [-0.2, 0) is 17.9 Å². The normalized spacial score (nSPS) is 16.3. The number of hydrogen-bond acceptors (Lipinski definition) is 6. The van der Waals surface area contributed by atoms with Gasteiger partial charge in [-0.15, -0.1) is 10.2 Å². The van der Waals surface area contributed by atoms with Gasteiger partial charge in [0.15, 0.2) is 11.6 Å². The number of fused-ring (bicyclic) bond motifs is 1. The highest BCUT2D eigenvalue weighted by Gasteiger charge is 2.33. The molecule has 0 aliphatic carbocycles. The van der Waals surface area contributed by atoms with E-state index in [-0.39, 0.29) is 5.91 Å². The summed E-state index contributed by atoms with van der Waals surface area (Å²) in [4.78, 5) is 23.2. The Morgan fingerprint density at radius 1 is 1.15 bits per heavy atom. The molecule has 0 spiro atoms. The van der Waals surface area contributed by atoms with E-state index in [1.807, 2.05) is 42.7 Å². The molecule has 0 fully saturated rings. The van der Waals surface area contributed by atoms with Crippen LogP contribution in [0, 0.1) is 6.92 Å². The number of ether oxygens (including phenoxy) is 1. The van der Waals surface area contributed by atoms with Crippen molar-refractivity contribution in [2.75, 3.05) is 7.11 Å². The van der Waals surface area contributed by atoms with Gasteiger partial charge < -0.3 is 9.64 Å². The summed E-state index contributed by atoms with van der Waals surface area (Å²) in [5, 5.41) is 8.59. The molecule has 0 unspecified atom stereocenters. The second-order valence-corrected chi connectivity index (χ2v) is 6.55. The maximum atomic E-state index is 12.9. The van der Waals surface area contributed by atoms with E-state index in [0.29, 0.717) is 24.7 Å². The number of carbonyl (C=O) groups is 1. The number of nitrogens with zero attached hydrogens (tertiary/aromatic N) is 6. The molecule has 0 N–H and O–H groups in total. The molecule has 1 amide bonds. The Labute approximate surface area is 156 Å². The van der Waals surface area contributed by atoms with E-state index >= 15 is 0 Å². The van der Waals surface area contributed by atoms with Gasteiger partial charge in [0.2, 0.25) is 5.91 Å². The number of benzene rings is 1. The van der Waals surface area contributed by atoms with Crippen LogP contribution in [0.3, 0.4) is 0 Å². The maximum absolute atomic E-state index is 12.9. The first-order valence-electron chi connectivity index (χ1n) is 8.71. The fraction of sp³-hybridized carbons (Fsp3) is 0.316. The Balaban J connectivity index is 1.61. The predicted molar refractivity (Wildman–Crippen MR) is 97.7 cm³/mol. The van der Waals surface area contributed by atoms with E-state index in [9.17, 15) is 4.79 Å². The van der Waals surface area contributed by atoms with Crippen molar-refractivity contribution in [3.8, 4) is 17.1 Å². The third-order valence-corrected chi connectivity index (χ3v) is 4.73. The van der Waals surface area contributed by atoms with Gasteiger partial charge in [0.1, 0.15) is 17.6 Å². The van der Waals surface area contributed by atoms with Crippen LogP contribution in [0.5, 0.6) is 5.75 Å². The zero-order valence-corrected chi connectivity index (χ0v) is 15.5. The lowest BCUT2D eigenvalue weighted by molar-refractivity contribution is -0.137. The molecular weight excluding hydrogens is 344 g/mol. The van der Waals surface area contributed by atoms with Crippen molar-refractivity contribution in [3.05, 3.63) is 53.9 Å². The third-order valence-electron chi connectivity index (χ3n) is 4.73. The lowest BCUT2D eigenvalue weighted by Crippen LogP contribution is -2.41. The Morgan fingerprint density at radius 2 is 1.85 bits per heavy atom. The first-order valence-corrected chi connectivity index (χ1v) is 8.71. The van der Waals surface area contributed by atoms with Gasteiger partial charge in [-0.3, -0.25) is 9.36 Å². The average molecular weight is 364 g/mol. The summed E-state index contributed by atoms with van der Waals surface area (Å²) in [5.74, 6) is 2.89. The molecule has 8 heteroatoms. The highest BCUT2D eigenvalue weighted by atomic mass is 16.5. The average Bonchev–Trinajstić information content (AvgIpc) is 3.11. The van der Waals surface area contributed by atoms with Crippen LogP contribution in [0.2, 0.25) is 0 Å². The van der Waals surface area contributed by atoms with E-state index < -0.39 is 6.04 Å². The quantitative estimate of drug-likeness (QED) is 0.705. The van der Waals surface area contributed by atoms with Crippen molar-refractivity contribution < 1.29 is 9.53 Å². The van der Waals surface area contributed by atoms with Gasteiger partial charge in [-0.25, -0.2) is 9.97 Å². The Morgan fingerprint density at radius 3 is 2.52 bits per heavy atom. The molecule has 27 heavy (non-hydrogen) atoms. The van der Waals surface area contributed by atoms with Crippen LogP contribution < -0.4 is 4.74 Å². The van der Waals surface area contributed by atoms with Gasteiger partial charge in [0, 0.05) is 18.9 Å². The molecule has 0 saturated carbocycles. The number of carbonyl (C=O) groups excluding carboxylic acids is 1. The zero-order chi connectivity index (χ0) is 19.0. The van der Waals surface area contributed by atoms with E-state index in [2.05, 4.69) is 20.2 Å². The Kier molecular flexibility index (Phi) is 4.31. The van der Waals surface area contributed by atoms with Crippen molar-refractivity contribution >= 4 is 5.91 Å². The van der Waals surface area contributed by atoms with Gasteiger partial charge in [0.05, 0.1) is 19.2 Å². The van der Waals surface area contributed by atoms with Crippen LogP contribution in [0.4, 0.5) is 0 Å². The van der Waals surface area contributed by atoms with Crippen LogP contribution in [0.1, 0.15) is 30.2 Å². The number of aryl methyl sites for hydroxylation is 1. The smallest absolute Gasteiger partial charge is 0.246 e. The number of amides is 1. The molecule has 3 aromatic rings. The lowest BCUT2D eigenvalue weighted by atomic mass is 10.1. The summed E-state index contributed by atoms with van der Waals surface area (Å²) < 4.78 is 7.06. The number of aromatic nitrogens is 5. The topological polar surface area (TPSA) is 86.0 Å². The minimum atomic E-state index is -0.390. The van der Waals surface area contributed by atoms with E-state index in [4.69, 9.17) is 4.74 Å². The second kappa shape index (κ2) is 6.79. The molecule has 1 aliphatic heterocycles. The molecule has 2 aromatic heterocycles. The summed E-state index contributed by atoms with van der Waals surface area (Å²) in [6, 6.07) is 7.32. The molecule has 0 saturated heterocycles. The molecular formula is C19H20N6O2.